The maximum Gasteiger partial charge on any atom is 0.383 e. The topological polar surface area (TPSA) is 68.1 Å². The highest BCUT2D eigenvalue weighted by atomic mass is 31.2. The first-order chi connectivity index (χ1) is 8.98. The zero-order chi connectivity index (χ0) is 14.5. The van der Waals surface area contributed by atoms with Gasteiger partial charge in [-0.3, -0.25) is 4.57 Å². The van der Waals surface area contributed by atoms with E-state index < -0.39 is 7.60 Å². The summed E-state index contributed by atoms with van der Waals surface area (Å²) in [5.41, 5.74) is 2.45. The Morgan fingerprint density at radius 1 is 1.26 bits per heavy atom. The Hall–Kier alpha value is -1.16. The van der Waals surface area contributed by atoms with Crippen LogP contribution < -0.4 is 0 Å². The summed E-state index contributed by atoms with van der Waals surface area (Å²) in [7, 11) is -3.59. The van der Waals surface area contributed by atoms with E-state index in [1.807, 2.05) is 26.0 Å². The van der Waals surface area contributed by atoms with Crippen molar-refractivity contribution in [2.24, 2.45) is 5.16 Å². The molecule has 0 aliphatic heterocycles. The number of rotatable bonds is 6. The lowest BCUT2D eigenvalue weighted by Gasteiger charge is -2.19. The van der Waals surface area contributed by atoms with Gasteiger partial charge in [-0.25, -0.2) is 0 Å². The van der Waals surface area contributed by atoms with Gasteiger partial charge < -0.3 is 14.3 Å². The van der Waals surface area contributed by atoms with E-state index in [4.69, 9.17) is 9.05 Å². The van der Waals surface area contributed by atoms with E-state index in [0.29, 0.717) is 5.56 Å². The van der Waals surface area contributed by atoms with Gasteiger partial charge in [-0.05, 0) is 33.3 Å². The standard InChI is InChI=1S/C13H20NO4P/c1-5-17-19(16,18-6-2)13(14-15)12-8-7-10(3)9-11(12)4/h7-9,15H,5-6H2,1-4H3/b14-13+. The van der Waals surface area contributed by atoms with E-state index in [1.54, 1.807) is 19.9 Å². The van der Waals surface area contributed by atoms with Crippen LogP contribution in [0.4, 0.5) is 0 Å². The van der Waals surface area contributed by atoms with Crippen LogP contribution in [0, 0.1) is 13.8 Å². The number of nitrogens with zero attached hydrogens (tertiary/aromatic N) is 1. The Kier molecular flexibility index (Phi) is 5.73. The molecule has 5 nitrogen and oxygen atoms in total. The lowest BCUT2D eigenvalue weighted by molar-refractivity contribution is 0.230. The monoisotopic (exact) mass is 285 g/mol. The highest BCUT2D eigenvalue weighted by Crippen LogP contribution is 2.52. The van der Waals surface area contributed by atoms with E-state index in [0.717, 1.165) is 11.1 Å². The van der Waals surface area contributed by atoms with Crippen LogP contribution in [0.15, 0.2) is 23.4 Å². The molecule has 1 aromatic rings. The summed E-state index contributed by atoms with van der Waals surface area (Å²) < 4.78 is 23.1. The van der Waals surface area contributed by atoms with Gasteiger partial charge in [-0.2, -0.15) is 0 Å². The fourth-order valence-electron chi connectivity index (χ4n) is 1.82. The highest BCUT2D eigenvalue weighted by Gasteiger charge is 2.34. The number of oxime groups is 1. The quantitative estimate of drug-likeness (QED) is 0.374. The summed E-state index contributed by atoms with van der Waals surface area (Å²) in [6, 6.07) is 5.53. The van der Waals surface area contributed by atoms with Crippen LogP contribution in [0.2, 0.25) is 0 Å². The van der Waals surface area contributed by atoms with Crippen molar-refractivity contribution < 1.29 is 18.8 Å². The van der Waals surface area contributed by atoms with Crippen molar-refractivity contribution in [3.63, 3.8) is 0 Å². The van der Waals surface area contributed by atoms with Crippen molar-refractivity contribution in [1.29, 1.82) is 0 Å². The predicted molar refractivity (Wildman–Crippen MR) is 75.1 cm³/mol. The minimum absolute atomic E-state index is 0.0475. The van der Waals surface area contributed by atoms with Crippen LogP contribution in [0.25, 0.3) is 0 Å². The molecule has 0 bridgehead atoms. The van der Waals surface area contributed by atoms with Gasteiger partial charge in [-0.15, -0.1) is 0 Å². The van der Waals surface area contributed by atoms with Crippen molar-refractivity contribution in [1.82, 2.24) is 0 Å². The molecule has 19 heavy (non-hydrogen) atoms. The Morgan fingerprint density at radius 3 is 2.26 bits per heavy atom. The minimum atomic E-state index is -3.59. The molecule has 0 heterocycles. The molecule has 1 aromatic carbocycles. The molecule has 1 rings (SSSR count). The average Bonchev–Trinajstić information content (AvgIpc) is 2.33. The Bertz CT molecular complexity index is 503. The summed E-state index contributed by atoms with van der Waals surface area (Å²) in [6.07, 6.45) is 0. The van der Waals surface area contributed by atoms with Crippen LogP contribution in [0.3, 0.4) is 0 Å². The molecule has 0 aliphatic carbocycles. The SMILES string of the molecule is CCOP(=O)(OCC)/C(=N/O)c1ccc(C)cc1C. The molecule has 0 unspecified atom stereocenters. The number of hydrogen-bond acceptors (Lipinski definition) is 5. The van der Waals surface area contributed by atoms with Gasteiger partial charge in [0.25, 0.3) is 0 Å². The van der Waals surface area contributed by atoms with Gasteiger partial charge in [0, 0.05) is 5.56 Å². The molecule has 0 amide bonds. The minimum Gasteiger partial charge on any atom is -0.410 e. The Labute approximate surface area is 113 Å². The summed E-state index contributed by atoms with van der Waals surface area (Å²) in [5.74, 6) is 0. The first kappa shape index (κ1) is 15.9. The van der Waals surface area contributed by atoms with E-state index in [-0.39, 0.29) is 18.7 Å². The third-order valence-electron chi connectivity index (χ3n) is 2.58. The van der Waals surface area contributed by atoms with Crippen molar-refractivity contribution >= 4 is 13.0 Å². The second-order valence-corrected chi connectivity index (χ2v) is 6.01. The maximum atomic E-state index is 12.6. The first-order valence-corrected chi connectivity index (χ1v) is 7.72. The van der Waals surface area contributed by atoms with E-state index >= 15 is 0 Å². The summed E-state index contributed by atoms with van der Waals surface area (Å²) >= 11 is 0. The molecule has 0 saturated heterocycles. The second kappa shape index (κ2) is 6.85. The Morgan fingerprint density at radius 2 is 1.84 bits per heavy atom. The molecule has 6 heteroatoms. The average molecular weight is 285 g/mol. The molecule has 0 spiro atoms. The largest absolute Gasteiger partial charge is 0.410 e. The smallest absolute Gasteiger partial charge is 0.383 e. The molecule has 0 aromatic heterocycles. The molecule has 106 valence electrons. The van der Waals surface area contributed by atoms with Crippen LogP contribution in [0.5, 0.6) is 0 Å². The molecule has 0 aliphatic rings. The normalized spacial score (nSPS) is 12.7. The van der Waals surface area contributed by atoms with E-state index in [9.17, 15) is 9.77 Å². The van der Waals surface area contributed by atoms with Crippen molar-refractivity contribution in [3.05, 3.63) is 34.9 Å². The maximum absolute atomic E-state index is 12.6. The number of benzene rings is 1. The number of hydrogen-bond donors (Lipinski definition) is 1. The third kappa shape index (κ3) is 3.66. The molecule has 0 atom stereocenters. The fraction of sp³-hybridized carbons (Fsp3) is 0.462. The Balaban J connectivity index is 3.29. The van der Waals surface area contributed by atoms with E-state index in [2.05, 4.69) is 5.16 Å². The molecule has 1 N–H and O–H groups in total. The highest BCUT2D eigenvalue weighted by molar-refractivity contribution is 7.73. The van der Waals surface area contributed by atoms with Crippen LogP contribution in [-0.2, 0) is 13.6 Å². The summed E-state index contributed by atoms with van der Waals surface area (Å²) in [4.78, 5) is 0. The zero-order valence-corrected chi connectivity index (χ0v) is 12.6. The van der Waals surface area contributed by atoms with Gasteiger partial charge in [0.1, 0.15) is 0 Å². The van der Waals surface area contributed by atoms with Gasteiger partial charge in [-0.1, -0.05) is 28.9 Å². The van der Waals surface area contributed by atoms with E-state index in [1.165, 1.54) is 0 Å². The lowest BCUT2D eigenvalue weighted by atomic mass is 10.1. The molecule has 0 radical (unpaired) electrons. The number of aryl methyl sites for hydroxylation is 2. The lowest BCUT2D eigenvalue weighted by Crippen LogP contribution is -2.10. The van der Waals surface area contributed by atoms with Crippen molar-refractivity contribution in [2.45, 2.75) is 27.7 Å². The summed E-state index contributed by atoms with van der Waals surface area (Å²) in [5, 5.41) is 12.4. The predicted octanol–water partition coefficient (Wildman–Crippen LogP) is 3.71. The summed E-state index contributed by atoms with van der Waals surface area (Å²) in [6.45, 7) is 7.65. The zero-order valence-electron chi connectivity index (χ0n) is 11.7. The van der Waals surface area contributed by atoms with Crippen molar-refractivity contribution in [2.75, 3.05) is 13.2 Å². The molecule has 0 saturated carbocycles. The van der Waals surface area contributed by atoms with Gasteiger partial charge in [0.2, 0.25) is 0 Å². The van der Waals surface area contributed by atoms with Crippen LogP contribution >= 0.6 is 7.60 Å². The third-order valence-corrected chi connectivity index (χ3v) is 4.62. The van der Waals surface area contributed by atoms with Crippen LogP contribution in [-0.4, -0.2) is 23.9 Å². The fourth-order valence-corrected chi connectivity index (χ4v) is 3.47. The van der Waals surface area contributed by atoms with Crippen molar-refractivity contribution in [3.8, 4) is 0 Å². The molecular weight excluding hydrogens is 265 g/mol. The first-order valence-electron chi connectivity index (χ1n) is 6.17. The van der Waals surface area contributed by atoms with Crippen LogP contribution in [0.1, 0.15) is 30.5 Å². The molecular formula is C13H20NO4P. The van der Waals surface area contributed by atoms with Gasteiger partial charge in [0.15, 0.2) is 5.45 Å². The second-order valence-electron chi connectivity index (χ2n) is 4.07. The van der Waals surface area contributed by atoms with Gasteiger partial charge >= 0.3 is 7.60 Å². The molecule has 0 fully saturated rings. The van der Waals surface area contributed by atoms with Gasteiger partial charge in [0.05, 0.1) is 13.2 Å².